The van der Waals surface area contributed by atoms with Crippen molar-refractivity contribution < 1.29 is 15.1 Å². The maximum atomic E-state index is 10.6. The molecule has 80 valence electrons. The number of aliphatic hydroxyl groups is 1. The number of nitriles is 1. The van der Waals surface area contributed by atoms with Crippen LogP contribution in [0.5, 0.6) is 5.75 Å². The zero-order chi connectivity index (χ0) is 12.1. The van der Waals surface area contributed by atoms with E-state index in [0.717, 1.165) is 6.07 Å². The van der Waals surface area contributed by atoms with E-state index in [4.69, 9.17) is 10.4 Å². The first-order chi connectivity index (χ1) is 7.60. The van der Waals surface area contributed by atoms with Crippen LogP contribution >= 0.6 is 0 Å². The number of phenolic OH excluding ortho intramolecular Hbond substituents is 1. The summed E-state index contributed by atoms with van der Waals surface area (Å²) in [4.78, 5) is 9.75. The van der Waals surface area contributed by atoms with E-state index in [1.54, 1.807) is 6.07 Å². The van der Waals surface area contributed by atoms with Gasteiger partial charge in [-0.2, -0.15) is 5.26 Å². The zero-order valence-corrected chi connectivity index (χ0v) is 7.97. The molecule has 0 saturated carbocycles. The molecule has 0 spiro atoms. The Morgan fingerprint density at radius 2 is 2.19 bits per heavy atom. The van der Waals surface area contributed by atoms with Crippen LogP contribution in [-0.4, -0.2) is 21.7 Å². The summed E-state index contributed by atoms with van der Waals surface area (Å²) in [5.74, 6) is 3.96. The summed E-state index contributed by atoms with van der Waals surface area (Å²) in [5, 5.41) is 37.1. The zero-order valence-electron chi connectivity index (χ0n) is 7.97. The minimum Gasteiger partial charge on any atom is -0.501 e. The molecular formula is C10H6N2O4. The molecule has 2 N–H and O–H groups in total. The summed E-state index contributed by atoms with van der Waals surface area (Å²) < 4.78 is 0. The average molecular weight is 218 g/mol. The fraction of sp³-hybridized carbons (Fsp3) is 0.100. The lowest BCUT2D eigenvalue weighted by Gasteiger charge is -1.99. The lowest BCUT2D eigenvalue weighted by Crippen LogP contribution is -1.92. The van der Waals surface area contributed by atoms with Crippen molar-refractivity contribution in [2.75, 3.05) is 6.61 Å². The van der Waals surface area contributed by atoms with Gasteiger partial charge in [-0.15, -0.1) is 0 Å². The van der Waals surface area contributed by atoms with Crippen LogP contribution in [-0.2, 0) is 0 Å². The lowest BCUT2D eigenvalue weighted by atomic mass is 10.1. The van der Waals surface area contributed by atoms with Crippen LogP contribution in [0.3, 0.4) is 0 Å². The molecule has 6 heteroatoms. The minimum atomic E-state index is -0.805. The summed E-state index contributed by atoms with van der Waals surface area (Å²) in [7, 11) is 0. The second-order valence-electron chi connectivity index (χ2n) is 2.72. The Hall–Kier alpha value is -2.57. The summed E-state index contributed by atoms with van der Waals surface area (Å²) in [6, 6.07) is 3.89. The van der Waals surface area contributed by atoms with Crippen molar-refractivity contribution in [1.29, 1.82) is 5.26 Å². The molecule has 1 aromatic rings. The van der Waals surface area contributed by atoms with Crippen LogP contribution in [0.1, 0.15) is 11.1 Å². The van der Waals surface area contributed by atoms with Gasteiger partial charge in [-0.3, -0.25) is 10.1 Å². The first-order valence-electron chi connectivity index (χ1n) is 4.11. The third kappa shape index (κ3) is 2.27. The molecule has 0 bridgehead atoms. The van der Waals surface area contributed by atoms with Crippen molar-refractivity contribution in [2.45, 2.75) is 0 Å². The second kappa shape index (κ2) is 4.78. The number of rotatable bonds is 1. The molecule has 0 aromatic heterocycles. The Kier molecular flexibility index (Phi) is 3.44. The molecule has 1 aromatic carbocycles. The van der Waals surface area contributed by atoms with E-state index in [1.165, 1.54) is 6.07 Å². The van der Waals surface area contributed by atoms with Gasteiger partial charge in [0, 0.05) is 6.07 Å². The van der Waals surface area contributed by atoms with Gasteiger partial charge >= 0.3 is 5.69 Å². The molecule has 0 fully saturated rings. The van der Waals surface area contributed by atoms with E-state index in [1.807, 2.05) is 0 Å². The number of benzene rings is 1. The van der Waals surface area contributed by atoms with Gasteiger partial charge in [-0.25, -0.2) is 0 Å². The Bertz CT molecular complexity index is 534. The molecule has 0 heterocycles. The molecule has 0 aliphatic heterocycles. The Morgan fingerprint density at radius 1 is 1.50 bits per heavy atom. The van der Waals surface area contributed by atoms with E-state index in [9.17, 15) is 15.2 Å². The molecule has 0 aliphatic rings. The quantitative estimate of drug-likeness (QED) is 0.405. The highest BCUT2D eigenvalue weighted by Gasteiger charge is 2.18. The van der Waals surface area contributed by atoms with Crippen molar-refractivity contribution in [3.63, 3.8) is 0 Å². The topological polar surface area (TPSA) is 107 Å². The number of nitro benzene ring substituents is 1. The molecule has 0 radical (unpaired) electrons. The molecule has 0 unspecified atom stereocenters. The smallest absolute Gasteiger partial charge is 0.313 e. The maximum absolute atomic E-state index is 10.6. The van der Waals surface area contributed by atoms with Crippen molar-refractivity contribution in [1.82, 2.24) is 0 Å². The normalized spacial score (nSPS) is 8.75. The predicted molar refractivity (Wildman–Crippen MR) is 53.4 cm³/mol. The first-order valence-corrected chi connectivity index (χ1v) is 4.11. The SMILES string of the molecule is N#Cc1cc(C#CCO)c(O)c([N+](=O)[O-])c1. The lowest BCUT2D eigenvalue weighted by molar-refractivity contribution is -0.385. The monoisotopic (exact) mass is 218 g/mol. The molecule has 0 atom stereocenters. The van der Waals surface area contributed by atoms with Crippen molar-refractivity contribution >= 4 is 5.69 Å². The number of nitro groups is 1. The molecule has 16 heavy (non-hydrogen) atoms. The van der Waals surface area contributed by atoms with E-state index >= 15 is 0 Å². The minimum absolute atomic E-state index is 0.0201. The number of aliphatic hydroxyl groups excluding tert-OH is 1. The number of phenols is 1. The van der Waals surface area contributed by atoms with Crippen LogP contribution in [0, 0.1) is 33.3 Å². The van der Waals surface area contributed by atoms with Gasteiger partial charge in [-0.1, -0.05) is 11.8 Å². The highest BCUT2D eigenvalue weighted by Crippen LogP contribution is 2.30. The van der Waals surface area contributed by atoms with Gasteiger partial charge in [0.25, 0.3) is 0 Å². The first kappa shape index (κ1) is 11.5. The van der Waals surface area contributed by atoms with Crippen LogP contribution in [0.15, 0.2) is 12.1 Å². The van der Waals surface area contributed by atoms with Gasteiger partial charge in [-0.05, 0) is 6.07 Å². The van der Waals surface area contributed by atoms with E-state index in [0.29, 0.717) is 0 Å². The van der Waals surface area contributed by atoms with E-state index in [-0.39, 0.29) is 11.1 Å². The number of hydrogen-bond donors (Lipinski definition) is 2. The summed E-state index contributed by atoms with van der Waals surface area (Å²) in [6.07, 6.45) is 0. The van der Waals surface area contributed by atoms with E-state index < -0.39 is 23.0 Å². The van der Waals surface area contributed by atoms with Gasteiger partial charge < -0.3 is 10.2 Å². The van der Waals surface area contributed by atoms with Crippen molar-refractivity contribution in [3.05, 3.63) is 33.4 Å². The molecular weight excluding hydrogens is 212 g/mol. The largest absolute Gasteiger partial charge is 0.501 e. The Balaban J connectivity index is 3.44. The molecule has 0 amide bonds. The third-order valence-electron chi connectivity index (χ3n) is 1.72. The highest BCUT2D eigenvalue weighted by molar-refractivity contribution is 5.61. The van der Waals surface area contributed by atoms with Crippen molar-refractivity contribution in [3.8, 4) is 23.7 Å². The maximum Gasteiger partial charge on any atom is 0.313 e. The van der Waals surface area contributed by atoms with Gasteiger partial charge in [0.1, 0.15) is 6.61 Å². The number of aromatic hydroxyl groups is 1. The molecule has 0 saturated heterocycles. The number of nitrogens with zero attached hydrogens (tertiary/aromatic N) is 2. The fourth-order valence-electron chi connectivity index (χ4n) is 1.05. The standard InChI is InChI=1S/C10H6N2O4/c11-6-7-4-8(2-1-3-13)10(14)9(5-7)12(15)16/h4-5,13-14H,3H2. The molecule has 6 nitrogen and oxygen atoms in total. The average Bonchev–Trinajstić information content (AvgIpc) is 2.27. The second-order valence-corrected chi connectivity index (χ2v) is 2.72. The third-order valence-corrected chi connectivity index (χ3v) is 1.72. The number of hydrogen-bond acceptors (Lipinski definition) is 5. The van der Waals surface area contributed by atoms with Gasteiger partial charge in [0.05, 0.1) is 22.1 Å². The van der Waals surface area contributed by atoms with Crippen LogP contribution in [0.25, 0.3) is 0 Å². The fourth-order valence-corrected chi connectivity index (χ4v) is 1.05. The van der Waals surface area contributed by atoms with Crippen LogP contribution < -0.4 is 0 Å². The van der Waals surface area contributed by atoms with Gasteiger partial charge in [0.15, 0.2) is 0 Å². The summed E-state index contributed by atoms with van der Waals surface area (Å²) in [6.45, 7) is -0.440. The summed E-state index contributed by atoms with van der Waals surface area (Å²) >= 11 is 0. The highest BCUT2D eigenvalue weighted by atomic mass is 16.6. The molecule has 0 aliphatic carbocycles. The van der Waals surface area contributed by atoms with Crippen LogP contribution in [0.4, 0.5) is 5.69 Å². The Labute approximate surface area is 90.5 Å². The molecule has 1 rings (SSSR count). The van der Waals surface area contributed by atoms with E-state index in [2.05, 4.69) is 11.8 Å². The predicted octanol–water partition coefficient (Wildman–Crippen LogP) is 0.516. The van der Waals surface area contributed by atoms with Crippen molar-refractivity contribution in [2.24, 2.45) is 0 Å². The summed E-state index contributed by atoms with van der Waals surface area (Å²) in [5.41, 5.74) is -0.618. The Morgan fingerprint density at radius 3 is 2.69 bits per heavy atom. The van der Waals surface area contributed by atoms with Crippen LogP contribution in [0.2, 0.25) is 0 Å². The van der Waals surface area contributed by atoms with Gasteiger partial charge in [0.2, 0.25) is 5.75 Å².